The number of benzene rings is 1. The van der Waals surface area contributed by atoms with Gasteiger partial charge in [-0.1, -0.05) is 33.6 Å². The van der Waals surface area contributed by atoms with Crippen molar-refractivity contribution in [3.8, 4) is 0 Å². The third-order valence-electron chi connectivity index (χ3n) is 3.56. The number of halogens is 2. The number of rotatable bonds is 3. The normalized spacial score (nSPS) is 20.0. The monoisotopic (exact) mass is 405 g/mol. The van der Waals surface area contributed by atoms with Crippen molar-refractivity contribution in [3.05, 3.63) is 50.1 Å². The number of nitrogens with zero attached hydrogens (tertiary/aromatic N) is 1. The fourth-order valence-electron chi connectivity index (χ4n) is 2.60. The van der Waals surface area contributed by atoms with Crippen LogP contribution in [0.25, 0.3) is 0 Å². The molecule has 0 spiro atoms. The highest BCUT2D eigenvalue weighted by Gasteiger charge is 2.37. The second-order valence-corrected chi connectivity index (χ2v) is 9.03. The fourth-order valence-corrected chi connectivity index (χ4v) is 6.23. The maximum absolute atomic E-state index is 12.9. The van der Waals surface area contributed by atoms with Gasteiger partial charge in [-0.15, -0.1) is 11.3 Å². The summed E-state index contributed by atoms with van der Waals surface area (Å²) in [5.74, 6) is 0. The predicted molar refractivity (Wildman–Crippen MR) is 89.3 cm³/mol. The van der Waals surface area contributed by atoms with Crippen LogP contribution in [-0.2, 0) is 10.0 Å². The average molecular weight is 407 g/mol. The summed E-state index contributed by atoms with van der Waals surface area (Å²) in [6, 6.07) is 8.75. The molecule has 2 aromatic rings. The molecule has 0 radical (unpaired) electrons. The highest BCUT2D eigenvalue weighted by atomic mass is 79.9. The van der Waals surface area contributed by atoms with Gasteiger partial charge in [0.15, 0.2) is 0 Å². The number of sulfonamides is 1. The van der Waals surface area contributed by atoms with E-state index in [-0.39, 0.29) is 16.0 Å². The zero-order chi connectivity index (χ0) is 15.0. The van der Waals surface area contributed by atoms with Crippen molar-refractivity contribution >= 4 is 48.9 Å². The zero-order valence-corrected chi connectivity index (χ0v) is 15.0. The Bertz CT molecular complexity index is 746. The Hall–Kier alpha value is -0.400. The minimum Gasteiger partial charge on any atom is -0.207 e. The van der Waals surface area contributed by atoms with Gasteiger partial charge in [-0.3, -0.25) is 0 Å². The molecule has 0 saturated carbocycles. The lowest BCUT2D eigenvalue weighted by molar-refractivity contribution is 0.401. The summed E-state index contributed by atoms with van der Waals surface area (Å²) in [4.78, 5) is 1.26. The third kappa shape index (κ3) is 2.92. The number of thiophene rings is 1. The van der Waals surface area contributed by atoms with E-state index in [2.05, 4.69) is 15.9 Å². The molecule has 21 heavy (non-hydrogen) atoms. The van der Waals surface area contributed by atoms with Gasteiger partial charge in [-0.05, 0) is 42.5 Å². The minimum absolute atomic E-state index is 0.0743. The van der Waals surface area contributed by atoms with Crippen LogP contribution in [0, 0.1) is 0 Å². The van der Waals surface area contributed by atoms with Gasteiger partial charge >= 0.3 is 0 Å². The standard InChI is InChI=1S/C14H13BrClNO2S2/c15-10-5-6-14(11(16)9-10)21(18,19)17-7-1-3-12(17)13-4-2-8-20-13/h2,4-6,8-9,12H,1,3,7H2/t12-/m1/s1. The van der Waals surface area contributed by atoms with Crippen molar-refractivity contribution in [2.24, 2.45) is 0 Å². The van der Waals surface area contributed by atoms with Gasteiger partial charge in [0.05, 0.1) is 11.1 Å². The molecule has 3 rings (SSSR count). The molecule has 1 aromatic heterocycles. The number of hydrogen-bond donors (Lipinski definition) is 0. The van der Waals surface area contributed by atoms with Gasteiger partial charge in [0, 0.05) is 15.9 Å². The zero-order valence-electron chi connectivity index (χ0n) is 11.0. The van der Waals surface area contributed by atoms with Gasteiger partial charge in [-0.25, -0.2) is 8.42 Å². The molecule has 1 atom stereocenters. The van der Waals surface area contributed by atoms with Gasteiger partial charge in [0.25, 0.3) is 0 Å². The molecule has 0 unspecified atom stereocenters. The predicted octanol–water partition coefficient (Wildman–Crippen LogP) is 4.69. The molecule has 0 bridgehead atoms. The van der Waals surface area contributed by atoms with Crippen LogP contribution in [0.2, 0.25) is 5.02 Å². The van der Waals surface area contributed by atoms with Crippen LogP contribution in [-0.4, -0.2) is 19.3 Å². The second-order valence-electron chi connectivity index (χ2n) is 4.86. The fraction of sp³-hybridized carbons (Fsp3) is 0.286. The summed E-state index contributed by atoms with van der Waals surface area (Å²) in [5.41, 5.74) is 0. The first-order valence-corrected chi connectivity index (χ1v) is 9.99. The Morgan fingerprint density at radius 1 is 1.33 bits per heavy atom. The van der Waals surface area contributed by atoms with Crippen LogP contribution in [0.5, 0.6) is 0 Å². The van der Waals surface area contributed by atoms with E-state index in [9.17, 15) is 8.42 Å². The maximum Gasteiger partial charge on any atom is 0.245 e. The van der Waals surface area contributed by atoms with Gasteiger partial charge in [0.2, 0.25) is 10.0 Å². The Morgan fingerprint density at radius 3 is 2.81 bits per heavy atom. The smallest absolute Gasteiger partial charge is 0.207 e. The molecular formula is C14H13BrClNO2S2. The molecule has 0 N–H and O–H groups in total. The highest BCUT2D eigenvalue weighted by Crippen LogP contribution is 2.39. The van der Waals surface area contributed by atoms with Crippen molar-refractivity contribution in [2.75, 3.05) is 6.54 Å². The summed E-state index contributed by atoms with van der Waals surface area (Å²) < 4.78 is 28.1. The molecule has 2 heterocycles. The summed E-state index contributed by atoms with van der Waals surface area (Å²) >= 11 is 11.0. The topological polar surface area (TPSA) is 37.4 Å². The first-order valence-electron chi connectivity index (χ1n) is 6.50. The third-order valence-corrected chi connectivity index (χ3v) is 7.41. The molecular weight excluding hydrogens is 394 g/mol. The van der Waals surface area contributed by atoms with E-state index in [1.807, 2.05) is 17.5 Å². The number of hydrogen-bond acceptors (Lipinski definition) is 3. The molecule has 1 fully saturated rings. The summed E-state index contributed by atoms with van der Waals surface area (Å²) in [7, 11) is -3.57. The lowest BCUT2D eigenvalue weighted by Gasteiger charge is -2.23. The van der Waals surface area contributed by atoms with E-state index in [4.69, 9.17) is 11.6 Å². The van der Waals surface area contributed by atoms with Crippen molar-refractivity contribution < 1.29 is 8.42 Å². The van der Waals surface area contributed by atoms with E-state index in [0.717, 1.165) is 22.2 Å². The molecule has 0 aliphatic carbocycles. The SMILES string of the molecule is O=S(=O)(c1ccc(Br)cc1Cl)N1CCC[C@@H]1c1cccs1. The van der Waals surface area contributed by atoms with Gasteiger partial charge in [0.1, 0.15) is 4.90 Å². The van der Waals surface area contributed by atoms with Gasteiger partial charge < -0.3 is 0 Å². The van der Waals surface area contributed by atoms with Gasteiger partial charge in [-0.2, -0.15) is 4.31 Å². The average Bonchev–Trinajstić information content (AvgIpc) is 3.09. The van der Waals surface area contributed by atoms with E-state index in [0.29, 0.717) is 6.54 Å². The second kappa shape index (κ2) is 6.01. The van der Waals surface area contributed by atoms with Crippen LogP contribution >= 0.6 is 38.9 Å². The Balaban J connectivity index is 2.01. The van der Waals surface area contributed by atoms with E-state index < -0.39 is 10.0 Å². The molecule has 1 aliphatic heterocycles. The molecule has 112 valence electrons. The summed E-state index contributed by atoms with van der Waals surface area (Å²) in [6.07, 6.45) is 1.73. The highest BCUT2D eigenvalue weighted by molar-refractivity contribution is 9.10. The molecule has 1 saturated heterocycles. The quantitative estimate of drug-likeness (QED) is 0.741. The first-order chi connectivity index (χ1) is 10.00. The first kappa shape index (κ1) is 15.5. The lowest BCUT2D eigenvalue weighted by Crippen LogP contribution is -2.30. The minimum atomic E-state index is -3.57. The molecule has 7 heteroatoms. The van der Waals surface area contributed by atoms with Crippen molar-refractivity contribution in [2.45, 2.75) is 23.8 Å². The van der Waals surface area contributed by atoms with E-state index >= 15 is 0 Å². The van der Waals surface area contributed by atoms with Crippen LogP contribution in [0.4, 0.5) is 0 Å². The molecule has 0 amide bonds. The van der Waals surface area contributed by atoms with Crippen LogP contribution in [0.1, 0.15) is 23.8 Å². The Morgan fingerprint density at radius 2 is 2.14 bits per heavy atom. The Kier molecular flexibility index (Phi) is 4.43. The van der Waals surface area contributed by atoms with E-state index in [1.54, 1.807) is 33.8 Å². The summed E-state index contributed by atoms with van der Waals surface area (Å²) in [5, 5.41) is 2.23. The molecule has 1 aromatic carbocycles. The van der Waals surface area contributed by atoms with Crippen LogP contribution in [0.15, 0.2) is 45.1 Å². The van der Waals surface area contributed by atoms with E-state index in [1.165, 1.54) is 0 Å². The largest absolute Gasteiger partial charge is 0.245 e. The molecule has 3 nitrogen and oxygen atoms in total. The lowest BCUT2D eigenvalue weighted by atomic mass is 10.2. The van der Waals surface area contributed by atoms with Crippen LogP contribution < -0.4 is 0 Å². The van der Waals surface area contributed by atoms with Crippen molar-refractivity contribution in [1.82, 2.24) is 4.31 Å². The van der Waals surface area contributed by atoms with Crippen molar-refractivity contribution in [1.29, 1.82) is 0 Å². The van der Waals surface area contributed by atoms with Crippen molar-refractivity contribution in [3.63, 3.8) is 0 Å². The molecule has 1 aliphatic rings. The summed E-state index contributed by atoms with van der Waals surface area (Å²) in [6.45, 7) is 0.539. The Labute approximate surface area is 141 Å². The van der Waals surface area contributed by atoms with Crippen LogP contribution in [0.3, 0.4) is 0 Å². The maximum atomic E-state index is 12.9.